The summed E-state index contributed by atoms with van der Waals surface area (Å²) >= 11 is 1.21. The van der Waals surface area contributed by atoms with E-state index in [1.54, 1.807) is 0 Å². The van der Waals surface area contributed by atoms with Gasteiger partial charge in [-0.2, -0.15) is 0 Å². The van der Waals surface area contributed by atoms with Gasteiger partial charge in [-0.05, 0) is 49.6 Å². The molecule has 27 heavy (non-hydrogen) atoms. The van der Waals surface area contributed by atoms with Crippen LogP contribution in [0.25, 0.3) is 0 Å². The number of hydrogen-bond acceptors (Lipinski definition) is 3. The van der Waals surface area contributed by atoms with Gasteiger partial charge in [0.05, 0.1) is 5.92 Å². The maximum absolute atomic E-state index is 14.1. The Morgan fingerprint density at radius 2 is 1.74 bits per heavy atom. The summed E-state index contributed by atoms with van der Waals surface area (Å²) in [5, 5.41) is 11.5. The third kappa shape index (κ3) is 4.63. The van der Waals surface area contributed by atoms with Crippen molar-refractivity contribution in [1.82, 2.24) is 0 Å². The van der Waals surface area contributed by atoms with Crippen LogP contribution in [0.1, 0.15) is 29.6 Å². The van der Waals surface area contributed by atoms with Crippen molar-refractivity contribution in [3.05, 3.63) is 59.4 Å². The first-order chi connectivity index (χ1) is 12.8. The topological polar surface area (TPSA) is 66.4 Å². The van der Waals surface area contributed by atoms with Crippen LogP contribution in [0, 0.1) is 23.4 Å². The summed E-state index contributed by atoms with van der Waals surface area (Å²) in [5.41, 5.74) is 0.244. The molecule has 2 unspecified atom stereocenters. The first-order valence-electron chi connectivity index (χ1n) is 8.29. The number of benzene rings is 2. The maximum atomic E-state index is 14.1. The third-order valence-electron chi connectivity index (χ3n) is 4.40. The van der Waals surface area contributed by atoms with Gasteiger partial charge in [0.15, 0.2) is 11.6 Å². The van der Waals surface area contributed by atoms with E-state index in [-0.39, 0.29) is 21.4 Å². The van der Waals surface area contributed by atoms with Crippen LogP contribution in [-0.4, -0.2) is 22.2 Å². The Labute approximate surface area is 157 Å². The van der Waals surface area contributed by atoms with Gasteiger partial charge in [-0.15, -0.1) is 11.8 Å². The van der Waals surface area contributed by atoms with Gasteiger partial charge in [-0.3, -0.25) is 9.59 Å². The smallest absolute Gasteiger partial charge is 0.306 e. The van der Waals surface area contributed by atoms with Crippen molar-refractivity contribution >= 4 is 29.3 Å². The molecular formula is C19H16F3NO3S. The summed E-state index contributed by atoms with van der Waals surface area (Å²) in [6.45, 7) is 0. The van der Waals surface area contributed by atoms with Gasteiger partial charge in [0.2, 0.25) is 0 Å². The van der Waals surface area contributed by atoms with Crippen LogP contribution in [0.2, 0.25) is 0 Å². The number of nitrogens with one attached hydrogen (secondary N) is 1. The van der Waals surface area contributed by atoms with E-state index in [9.17, 15) is 22.8 Å². The van der Waals surface area contributed by atoms with E-state index in [1.165, 1.54) is 30.0 Å². The molecule has 0 aliphatic heterocycles. The molecule has 1 amide bonds. The Morgan fingerprint density at radius 1 is 1.00 bits per heavy atom. The van der Waals surface area contributed by atoms with Crippen molar-refractivity contribution in [2.24, 2.45) is 5.92 Å². The summed E-state index contributed by atoms with van der Waals surface area (Å²) in [6, 6.07) is 6.81. The molecule has 8 heteroatoms. The SMILES string of the molecule is O=C(Nc1ccc(F)c(F)c1)c1ccc(F)c(SC2CCC(C(=O)O)C2)c1. The molecule has 1 fully saturated rings. The lowest BCUT2D eigenvalue weighted by atomic mass is 10.1. The average molecular weight is 395 g/mol. The highest BCUT2D eigenvalue weighted by molar-refractivity contribution is 8.00. The Hall–Kier alpha value is -2.48. The summed E-state index contributed by atoms with van der Waals surface area (Å²) in [6.07, 6.45) is 1.65. The third-order valence-corrected chi connectivity index (χ3v) is 5.73. The van der Waals surface area contributed by atoms with Crippen molar-refractivity contribution < 1.29 is 27.9 Å². The fourth-order valence-corrected chi connectivity index (χ4v) is 4.28. The van der Waals surface area contributed by atoms with Gasteiger partial charge in [0, 0.05) is 27.5 Å². The van der Waals surface area contributed by atoms with Crippen LogP contribution in [0.5, 0.6) is 0 Å². The molecule has 0 saturated heterocycles. The van der Waals surface area contributed by atoms with Gasteiger partial charge >= 0.3 is 5.97 Å². The van der Waals surface area contributed by atoms with Crippen molar-refractivity contribution in [2.75, 3.05) is 5.32 Å². The molecule has 1 saturated carbocycles. The first-order valence-corrected chi connectivity index (χ1v) is 9.17. The zero-order valence-electron chi connectivity index (χ0n) is 14.0. The van der Waals surface area contributed by atoms with E-state index in [1.807, 2.05) is 0 Å². The highest BCUT2D eigenvalue weighted by atomic mass is 32.2. The first kappa shape index (κ1) is 19.3. The van der Waals surface area contributed by atoms with E-state index in [2.05, 4.69) is 5.32 Å². The summed E-state index contributed by atoms with van der Waals surface area (Å²) < 4.78 is 40.3. The molecule has 2 N–H and O–H groups in total. The Kier molecular flexibility index (Phi) is 5.74. The number of halogens is 3. The number of carbonyl (C=O) groups excluding carboxylic acids is 1. The van der Waals surface area contributed by atoms with E-state index >= 15 is 0 Å². The molecule has 3 rings (SSSR count). The molecule has 0 spiro atoms. The monoisotopic (exact) mass is 395 g/mol. The number of carboxylic acid groups (broad SMARTS) is 1. The predicted molar refractivity (Wildman–Crippen MR) is 95.3 cm³/mol. The molecule has 2 aromatic rings. The fraction of sp³-hybridized carbons (Fsp3) is 0.263. The van der Waals surface area contributed by atoms with E-state index < -0.39 is 35.2 Å². The number of carboxylic acids is 1. The standard InChI is InChI=1S/C19H16F3NO3S/c20-14-6-3-12(9-16(14)22)23-18(24)10-2-5-15(21)17(8-10)27-13-4-1-11(7-13)19(25)26/h2-3,5-6,8-9,11,13H,1,4,7H2,(H,23,24)(H,25,26). The van der Waals surface area contributed by atoms with Crippen molar-refractivity contribution in [3.63, 3.8) is 0 Å². The van der Waals surface area contributed by atoms with E-state index in [0.717, 1.165) is 18.2 Å². The lowest BCUT2D eigenvalue weighted by Crippen LogP contribution is -2.13. The van der Waals surface area contributed by atoms with Gasteiger partial charge in [-0.1, -0.05) is 0 Å². The van der Waals surface area contributed by atoms with Crippen LogP contribution in [0.3, 0.4) is 0 Å². The number of amides is 1. The van der Waals surface area contributed by atoms with Gasteiger partial charge in [-0.25, -0.2) is 13.2 Å². The number of rotatable bonds is 5. The molecule has 2 aromatic carbocycles. The molecular weight excluding hydrogens is 379 g/mol. The lowest BCUT2D eigenvalue weighted by molar-refractivity contribution is -0.141. The minimum atomic E-state index is -1.09. The van der Waals surface area contributed by atoms with Gasteiger partial charge < -0.3 is 10.4 Å². The molecule has 2 atom stereocenters. The molecule has 1 aliphatic carbocycles. The molecule has 0 aromatic heterocycles. The Balaban J connectivity index is 1.71. The zero-order valence-corrected chi connectivity index (χ0v) is 14.9. The van der Waals surface area contributed by atoms with E-state index in [4.69, 9.17) is 5.11 Å². The highest BCUT2D eigenvalue weighted by Crippen LogP contribution is 2.39. The fourth-order valence-electron chi connectivity index (χ4n) is 2.96. The molecule has 0 bridgehead atoms. The van der Waals surface area contributed by atoms with Crippen LogP contribution < -0.4 is 5.32 Å². The van der Waals surface area contributed by atoms with Crippen LogP contribution in [-0.2, 0) is 4.79 Å². The van der Waals surface area contributed by atoms with Crippen LogP contribution >= 0.6 is 11.8 Å². The number of thioether (sulfide) groups is 1. The average Bonchev–Trinajstić information content (AvgIpc) is 3.09. The predicted octanol–water partition coefficient (Wildman–Crippen LogP) is 4.70. The molecule has 4 nitrogen and oxygen atoms in total. The molecule has 0 heterocycles. The van der Waals surface area contributed by atoms with Crippen LogP contribution in [0.15, 0.2) is 41.3 Å². The number of carbonyl (C=O) groups is 2. The summed E-state index contributed by atoms with van der Waals surface area (Å²) in [7, 11) is 0. The lowest BCUT2D eigenvalue weighted by Gasteiger charge is -2.12. The number of hydrogen-bond donors (Lipinski definition) is 2. The largest absolute Gasteiger partial charge is 0.481 e. The second-order valence-electron chi connectivity index (χ2n) is 6.32. The molecule has 0 radical (unpaired) electrons. The quantitative estimate of drug-likeness (QED) is 0.770. The minimum absolute atomic E-state index is 0.0369. The second-order valence-corrected chi connectivity index (χ2v) is 7.66. The van der Waals surface area contributed by atoms with Gasteiger partial charge in [0.1, 0.15) is 5.82 Å². The zero-order chi connectivity index (χ0) is 19.6. The normalized spacial score (nSPS) is 19.1. The van der Waals surface area contributed by atoms with Crippen LogP contribution in [0.4, 0.5) is 18.9 Å². The van der Waals surface area contributed by atoms with Crippen molar-refractivity contribution in [3.8, 4) is 0 Å². The van der Waals surface area contributed by atoms with Crippen molar-refractivity contribution in [1.29, 1.82) is 0 Å². The Bertz CT molecular complexity index is 890. The Morgan fingerprint density at radius 3 is 2.41 bits per heavy atom. The molecule has 1 aliphatic rings. The summed E-state index contributed by atoms with van der Waals surface area (Å²) in [4.78, 5) is 23.6. The van der Waals surface area contributed by atoms with Crippen molar-refractivity contribution in [2.45, 2.75) is 29.4 Å². The maximum Gasteiger partial charge on any atom is 0.306 e. The minimum Gasteiger partial charge on any atom is -0.481 e. The summed E-state index contributed by atoms with van der Waals surface area (Å²) in [5.74, 6) is -4.47. The number of aliphatic carboxylic acids is 1. The highest BCUT2D eigenvalue weighted by Gasteiger charge is 2.30. The molecule has 142 valence electrons. The van der Waals surface area contributed by atoms with Gasteiger partial charge in [0.25, 0.3) is 5.91 Å². The second kappa shape index (κ2) is 8.04. The van der Waals surface area contributed by atoms with E-state index in [0.29, 0.717) is 19.3 Å². The number of anilines is 1.